The molecule has 0 spiro atoms. The van der Waals surface area contributed by atoms with Crippen molar-refractivity contribution < 1.29 is 8.78 Å². The Morgan fingerprint density at radius 1 is 1.11 bits per heavy atom. The molecule has 0 bridgehead atoms. The van der Waals surface area contributed by atoms with Crippen molar-refractivity contribution in [3.8, 4) is 0 Å². The van der Waals surface area contributed by atoms with Crippen LogP contribution in [0.5, 0.6) is 0 Å². The second kappa shape index (κ2) is 8.97. The van der Waals surface area contributed by atoms with Gasteiger partial charge >= 0.3 is 0 Å². The third-order valence-corrected chi connectivity index (χ3v) is 5.26. The lowest BCUT2D eigenvalue weighted by Crippen LogP contribution is -2.18. The first kappa shape index (κ1) is 20.0. The maximum atomic E-state index is 14.2. The van der Waals surface area contributed by atoms with E-state index in [0.717, 1.165) is 5.56 Å². The summed E-state index contributed by atoms with van der Waals surface area (Å²) in [4.78, 5) is 19.5. The number of hydrogen-bond donors (Lipinski definition) is 1. The molecule has 144 valence electrons. The number of nitrogens with zero attached hydrogens (tertiary/aromatic N) is 1. The van der Waals surface area contributed by atoms with Gasteiger partial charge in [0.1, 0.15) is 11.6 Å². The fourth-order valence-corrected chi connectivity index (χ4v) is 3.63. The van der Waals surface area contributed by atoms with Gasteiger partial charge in [-0.05, 0) is 24.6 Å². The van der Waals surface area contributed by atoms with Gasteiger partial charge in [0.2, 0.25) is 0 Å². The predicted octanol–water partition coefficient (Wildman–Crippen LogP) is 5.31. The topological polar surface area (TPSA) is 45.8 Å². The molecule has 3 aromatic rings. The fraction of sp³-hybridized carbons (Fsp3) is 0.182. The van der Waals surface area contributed by atoms with Crippen LogP contribution in [0, 0.1) is 18.6 Å². The summed E-state index contributed by atoms with van der Waals surface area (Å²) < 4.78 is 28.3. The highest BCUT2D eigenvalue weighted by Gasteiger charge is 2.22. The number of nitrogens with one attached hydrogen (secondary N) is 1. The van der Waals surface area contributed by atoms with E-state index in [9.17, 15) is 13.6 Å². The van der Waals surface area contributed by atoms with Gasteiger partial charge in [-0.2, -0.15) is 0 Å². The number of hydrogen-bond acceptors (Lipinski definition) is 3. The fourth-order valence-electron chi connectivity index (χ4n) is 2.95. The summed E-state index contributed by atoms with van der Waals surface area (Å²) >= 11 is 1.36. The molecule has 0 radical (unpaired) electrons. The van der Waals surface area contributed by atoms with E-state index in [1.165, 1.54) is 30.0 Å². The molecule has 1 N–H and O–H groups in total. The van der Waals surface area contributed by atoms with Crippen molar-refractivity contribution in [3.63, 3.8) is 0 Å². The highest BCUT2D eigenvalue weighted by atomic mass is 32.2. The second-order valence-corrected chi connectivity index (χ2v) is 7.37. The maximum Gasteiger partial charge on any atom is 0.254 e. The van der Waals surface area contributed by atoms with Crippen molar-refractivity contribution in [3.05, 3.63) is 99.0 Å². The van der Waals surface area contributed by atoms with Crippen LogP contribution in [0.25, 0.3) is 6.08 Å². The standard InChI is InChI=1S/C22H20F2N2OS/c1-14(19-17(23)11-6-12-18(19)24)20-15(2)21(27)26-22(25-20)28-13-7-10-16-8-4-3-5-9-16/h3-12,14H,13H2,1-2H3,(H,25,26,27)/b10-7+/t14-/m1/s1. The van der Waals surface area contributed by atoms with Crippen LogP contribution in [-0.2, 0) is 0 Å². The Morgan fingerprint density at radius 3 is 2.46 bits per heavy atom. The molecule has 0 amide bonds. The minimum atomic E-state index is -0.678. The summed E-state index contributed by atoms with van der Waals surface area (Å²) in [6.07, 6.45) is 3.96. The summed E-state index contributed by atoms with van der Waals surface area (Å²) in [6, 6.07) is 13.6. The molecule has 3 nitrogen and oxygen atoms in total. The molecule has 1 heterocycles. The zero-order valence-electron chi connectivity index (χ0n) is 15.6. The van der Waals surface area contributed by atoms with Crippen molar-refractivity contribution in [2.45, 2.75) is 24.9 Å². The number of thioether (sulfide) groups is 1. The Labute approximate surface area is 166 Å². The molecular weight excluding hydrogens is 378 g/mol. The van der Waals surface area contributed by atoms with Crippen LogP contribution in [0.15, 0.2) is 64.6 Å². The van der Waals surface area contributed by atoms with E-state index in [1.807, 2.05) is 42.5 Å². The van der Waals surface area contributed by atoms with Gasteiger partial charge in [-0.3, -0.25) is 4.79 Å². The number of rotatable bonds is 6. The summed E-state index contributed by atoms with van der Waals surface area (Å²) in [5, 5.41) is 0.423. The summed E-state index contributed by atoms with van der Waals surface area (Å²) in [5.41, 5.74) is 1.44. The van der Waals surface area contributed by atoms with Crippen LogP contribution in [-0.4, -0.2) is 15.7 Å². The molecule has 0 aliphatic heterocycles. The quantitative estimate of drug-likeness (QED) is 0.452. The Bertz CT molecular complexity index is 1030. The monoisotopic (exact) mass is 398 g/mol. The minimum Gasteiger partial charge on any atom is -0.301 e. The van der Waals surface area contributed by atoms with E-state index in [2.05, 4.69) is 9.97 Å². The van der Waals surface area contributed by atoms with Crippen LogP contribution in [0.2, 0.25) is 0 Å². The Morgan fingerprint density at radius 2 is 1.79 bits per heavy atom. The number of aromatic nitrogens is 2. The van der Waals surface area contributed by atoms with Gasteiger partial charge in [0.05, 0.1) is 5.69 Å². The van der Waals surface area contributed by atoms with Crippen LogP contribution >= 0.6 is 11.8 Å². The molecule has 0 aliphatic rings. The van der Waals surface area contributed by atoms with Crippen molar-refractivity contribution >= 4 is 17.8 Å². The first-order valence-electron chi connectivity index (χ1n) is 8.86. The van der Waals surface area contributed by atoms with E-state index in [4.69, 9.17) is 0 Å². The van der Waals surface area contributed by atoms with Gasteiger partial charge in [-0.1, -0.05) is 67.2 Å². The molecule has 0 saturated carbocycles. The highest BCUT2D eigenvalue weighted by molar-refractivity contribution is 7.99. The molecule has 2 aromatic carbocycles. The predicted molar refractivity (Wildman–Crippen MR) is 110 cm³/mol. The lowest BCUT2D eigenvalue weighted by atomic mass is 9.94. The van der Waals surface area contributed by atoms with Crippen LogP contribution < -0.4 is 5.56 Å². The first-order valence-corrected chi connectivity index (χ1v) is 9.85. The lowest BCUT2D eigenvalue weighted by Gasteiger charge is -2.16. The van der Waals surface area contributed by atoms with Crippen molar-refractivity contribution in [1.82, 2.24) is 9.97 Å². The smallest absolute Gasteiger partial charge is 0.254 e. The molecule has 0 unspecified atom stereocenters. The van der Waals surface area contributed by atoms with Crippen molar-refractivity contribution in [2.24, 2.45) is 0 Å². The van der Waals surface area contributed by atoms with Gasteiger partial charge in [-0.25, -0.2) is 13.8 Å². The third kappa shape index (κ3) is 4.57. The van der Waals surface area contributed by atoms with E-state index in [1.54, 1.807) is 13.8 Å². The number of H-pyrrole nitrogens is 1. The normalized spacial score (nSPS) is 12.4. The van der Waals surface area contributed by atoms with Gasteiger partial charge in [-0.15, -0.1) is 0 Å². The van der Waals surface area contributed by atoms with Crippen LogP contribution in [0.1, 0.15) is 35.2 Å². The molecule has 0 saturated heterocycles. The van der Waals surface area contributed by atoms with Gasteiger partial charge in [0.25, 0.3) is 5.56 Å². The molecule has 0 fully saturated rings. The average Bonchev–Trinajstić information content (AvgIpc) is 2.68. The molecule has 1 aromatic heterocycles. The number of benzene rings is 2. The molecule has 6 heteroatoms. The van der Waals surface area contributed by atoms with Crippen LogP contribution in [0.4, 0.5) is 8.78 Å². The molecule has 28 heavy (non-hydrogen) atoms. The van der Waals surface area contributed by atoms with E-state index < -0.39 is 17.6 Å². The Kier molecular flexibility index (Phi) is 6.41. The first-order chi connectivity index (χ1) is 13.5. The summed E-state index contributed by atoms with van der Waals surface area (Å²) in [7, 11) is 0. The van der Waals surface area contributed by atoms with Gasteiger partial charge in [0, 0.05) is 22.8 Å². The van der Waals surface area contributed by atoms with Gasteiger partial charge in [0.15, 0.2) is 5.16 Å². The zero-order chi connectivity index (χ0) is 20.1. The molecule has 0 aliphatic carbocycles. The number of aromatic amines is 1. The second-order valence-electron chi connectivity index (χ2n) is 6.36. The Balaban J connectivity index is 1.83. The largest absolute Gasteiger partial charge is 0.301 e. The van der Waals surface area contributed by atoms with Gasteiger partial charge < -0.3 is 4.98 Å². The summed E-state index contributed by atoms with van der Waals surface area (Å²) in [5.74, 6) is -1.37. The SMILES string of the molecule is Cc1c([C@H](C)c2c(F)cccc2F)nc(SC/C=C/c2ccccc2)[nH]c1=O. The minimum absolute atomic E-state index is 0.0800. The Hall–Kier alpha value is -2.73. The third-order valence-electron chi connectivity index (χ3n) is 4.44. The van der Waals surface area contributed by atoms with E-state index in [0.29, 0.717) is 22.2 Å². The molecule has 1 atom stereocenters. The van der Waals surface area contributed by atoms with Crippen molar-refractivity contribution in [1.29, 1.82) is 0 Å². The lowest BCUT2D eigenvalue weighted by molar-refractivity contribution is 0.543. The zero-order valence-corrected chi connectivity index (χ0v) is 16.4. The summed E-state index contributed by atoms with van der Waals surface area (Å²) in [6.45, 7) is 3.26. The molecule has 3 rings (SSSR count). The van der Waals surface area contributed by atoms with E-state index >= 15 is 0 Å². The average molecular weight is 398 g/mol. The maximum absolute atomic E-state index is 14.2. The van der Waals surface area contributed by atoms with E-state index in [-0.39, 0.29) is 11.1 Å². The van der Waals surface area contributed by atoms with Crippen molar-refractivity contribution in [2.75, 3.05) is 5.75 Å². The molecular formula is C22H20F2N2OS. The number of halogens is 2. The highest BCUT2D eigenvalue weighted by Crippen LogP contribution is 2.29. The van der Waals surface area contributed by atoms with Crippen LogP contribution in [0.3, 0.4) is 0 Å².